The molecule has 1 aliphatic rings. The van der Waals surface area contributed by atoms with Gasteiger partial charge in [-0.05, 0) is 18.4 Å². The maximum absolute atomic E-state index is 5.15. The molecule has 1 atom stereocenters. The van der Waals surface area contributed by atoms with Crippen molar-refractivity contribution in [3.8, 4) is 0 Å². The lowest BCUT2D eigenvalue weighted by Gasteiger charge is -2.31. The van der Waals surface area contributed by atoms with Gasteiger partial charge in [0.05, 0.1) is 13.2 Å². The maximum Gasteiger partial charge on any atom is 0.0589 e. The molecule has 4 nitrogen and oxygen atoms in total. The first kappa shape index (κ1) is 17.1. The summed E-state index contributed by atoms with van der Waals surface area (Å²) >= 11 is 0. The van der Waals surface area contributed by atoms with Crippen molar-refractivity contribution in [1.82, 2.24) is 10.2 Å². The molecule has 1 N–H and O–H groups in total. The van der Waals surface area contributed by atoms with Crippen LogP contribution < -0.4 is 5.32 Å². The van der Waals surface area contributed by atoms with Crippen molar-refractivity contribution < 1.29 is 9.47 Å². The smallest absolute Gasteiger partial charge is 0.0589 e. The molecule has 0 bridgehead atoms. The van der Waals surface area contributed by atoms with E-state index in [-0.39, 0.29) is 12.4 Å². The Kier molecular flexibility index (Phi) is 9.18. The van der Waals surface area contributed by atoms with Gasteiger partial charge >= 0.3 is 0 Å². The fourth-order valence-electron chi connectivity index (χ4n) is 2.25. The average Bonchev–Trinajstić information content (AvgIpc) is 2.69. The first-order valence-electron chi connectivity index (χ1n) is 6.11. The third-order valence-electron chi connectivity index (χ3n) is 3.29. The van der Waals surface area contributed by atoms with Gasteiger partial charge in [-0.2, -0.15) is 0 Å². The van der Waals surface area contributed by atoms with Crippen molar-refractivity contribution in [2.24, 2.45) is 5.41 Å². The first-order valence-corrected chi connectivity index (χ1v) is 6.11. The summed E-state index contributed by atoms with van der Waals surface area (Å²) in [6, 6.07) is 0. The van der Waals surface area contributed by atoms with Crippen LogP contribution in [0.15, 0.2) is 0 Å². The molecule has 1 rings (SSSR count). The molecule has 0 amide bonds. The Morgan fingerprint density at radius 2 is 1.76 bits per heavy atom. The van der Waals surface area contributed by atoms with Crippen LogP contribution in [0.3, 0.4) is 0 Å². The summed E-state index contributed by atoms with van der Waals surface area (Å²) in [5.74, 6) is 0. The summed E-state index contributed by atoms with van der Waals surface area (Å²) in [4.78, 5) is 2.44. The second-order valence-electron chi connectivity index (χ2n) is 5.00. The fraction of sp³-hybridized carbons (Fsp3) is 1.00. The molecule has 5 heteroatoms. The Morgan fingerprint density at radius 1 is 1.18 bits per heavy atom. The summed E-state index contributed by atoms with van der Waals surface area (Å²) < 4.78 is 10.3. The van der Waals surface area contributed by atoms with Gasteiger partial charge in [0, 0.05) is 40.4 Å². The highest BCUT2D eigenvalue weighted by atomic mass is 35.5. The first-order chi connectivity index (χ1) is 7.70. The molecule has 0 aliphatic carbocycles. The number of methoxy groups -OCH3 is 2. The van der Waals surface area contributed by atoms with Crippen molar-refractivity contribution in [2.45, 2.75) is 13.3 Å². The number of nitrogens with zero attached hydrogens (tertiary/aromatic N) is 1. The second-order valence-corrected chi connectivity index (χ2v) is 5.00. The quantitative estimate of drug-likeness (QED) is 0.711. The van der Waals surface area contributed by atoms with E-state index in [1.807, 2.05) is 0 Å². The highest BCUT2D eigenvalue weighted by Crippen LogP contribution is 2.25. The van der Waals surface area contributed by atoms with Crippen LogP contribution in [0.1, 0.15) is 13.3 Å². The minimum atomic E-state index is 0. The Balaban J connectivity index is 0.00000256. The summed E-state index contributed by atoms with van der Waals surface area (Å²) in [6.07, 6.45) is 1.27. The van der Waals surface area contributed by atoms with Crippen LogP contribution in [0.2, 0.25) is 0 Å². The minimum Gasteiger partial charge on any atom is -0.383 e. The van der Waals surface area contributed by atoms with E-state index in [0.717, 1.165) is 45.9 Å². The van der Waals surface area contributed by atoms with Crippen molar-refractivity contribution in [2.75, 3.05) is 60.2 Å². The molecule has 104 valence electrons. The van der Waals surface area contributed by atoms with Gasteiger partial charge in [-0.3, -0.25) is 4.90 Å². The SMILES string of the molecule is COCCN(CCOC)CC1(C)CCNC1.Cl. The van der Waals surface area contributed by atoms with E-state index in [1.54, 1.807) is 14.2 Å². The minimum absolute atomic E-state index is 0. The van der Waals surface area contributed by atoms with Crippen LogP contribution in [-0.2, 0) is 9.47 Å². The van der Waals surface area contributed by atoms with Crippen LogP contribution in [0.5, 0.6) is 0 Å². The Labute approximate surface area is 111 Å². The molecule has 1 saturated heterocycles. The number of rotatable bonds is 8. The van der Waals surface area contributed by atoms with Crippen LogP contribution >= 0.6 is 12.4 Å². The van der Waals surface area contributed by atoms with E-state index >= 15 is 0 Å². The molecule has 1 aliphatic heterocycles. The standard InChI is InChI=1S/C12H26N2O2.ClH/c1-12(4-5-13-10-12)11-14(6-8-15-2)7-9-16-3;/h13H,4-11H2,1-3H3;1H. The van der Waals surface area contributed by atoms with Crippen molar-refractivity contribution in [1.29, 1.82) is 0 Å². The van der Waals surface area contributed by atoms with E-state index in [4.69, 9.17) is 9.47 Å². The third kappa shape index (κ3) is 6.58. The fourth-order valence-corrected chi connectivity index (χ4v) is 2.25. The van der Waals surface area contributed by atoms with Gasteiger partial charge in [0.25, 0.3) is 0 Å². The van der Waals surface area contributed by atoms with Crippen molar-refractivity contribution in [3.05, 3.63) is 0 Å². The van der Waals surface area contributed by atoms with Gasteiger partial charge in [0.2, 0.25) is 0 Å². The van der Waals surface area contributed by atoms with Crippen LogP contribution in [0.4, 0.5) is 0 Å². The third-order valence-corrected chi connectivity index (χ3v) is 3.29. The summed E-state index contributed by atoms with van der Waals surface area (Å²) in [5.41, 5.74) is 0.418. The van der Waals surface area contributed by atoms with E-state index in [0.29, 0.717) is 5.41 Å². The average molecular weight is 267 g/mol. The number of nitrogens with one attached hydrogen (secondary N) is 1. The molecule has 1 unspecified atom stereocenters. The second kappa shape index (κ2) is 9.11. The van der Waals surface area contributed by atoms with Gasteiger partial charge in [0.15, 0.2) is 0 Å². The molecule has 0 aromatic rings. The van der Waals surface area contributed by atoms with Gasteiger partial charge in [-0.25, -0.2) is 0 Å². The van der Waals surface area contributed by atoms with Crippen LogP contribution in [-0.4, -0.2) is 65.1 Å². The van der Waals surface area contributed by atoms with Gasteiger partial charge in [-0.15, -0.1) is 12.4 Å². The zero-order valence-electron chi connectivity index (χ0n) is 11.3. The molecule has 0 radical (unpaired) electrons. The molecule has 0 aromatic heterocycles. The Bertz CT molecular complexity index is 179. The van der Waals surface area contributed by atoms with Gasteiger partial charge < -0.3 is 14.8 Å². The van der Waals surface area contributed by atoms with E-state index in [9.17, 15) is 0 Å². The monoisotopic (exact) mass is 266 g/mol. The van der Waals surface area contributed by atoms with E-state index < -0.39 is 0 Å². The van der Waals surface area contributed by atoms with Crippen LogP contribution in [0.25, 0.3) is 0 Å². The lowest BCUT2D eigenvalue weighted by molar-refractivity contribution is 0.0889. The molecule has 0 saturated carbocycles. The van der Waals surface area contributed by atoms with Gasteiger partial charge in [-0.1, -0.05) is 6.92 Å². The number of ether oxygens (including phenoxy) is 2. The number of hydrogen-bond donors (Lipinski definition) is 1. The van der Waals surface area contributed by atoms with E-state index in [1.165, 1.54) is 6.42 Å². The highest BCUT2D eigenvalue weighted by molar-refractivity contribution is 5.85. The largest absolute Gasteiger partial charge is 0.383 e. The summed E-state index contributed by atoms with van der Waals surface area (Å²) in [5, 5.41) is 3.44. The summed E-state index contributed by atoms with van der Waals surface area (Å²) in [6.45, 7) is 9.36. The van der Waals surface area contributed by atoms with Crippen molar-refractivity contribution in [3.63, 3.8) is 0 Å². The molecule has 1 fully saturated rings. The predicted octanol–water partition coefficient (Wildman–Crippen LogP) is 1.00. The Morgan fingerprint density at radius 3 is 2.18 bits per heavy atom. The zero-order chi connectivity index (χ0) is 11.9. The molecular formula is C12H27ClN2O2. The zero-order valence-corrected chi connectivity index (χ0v) is 12.1. The molecule has 0 spiro atoms. The molecule has 17 heavy (non-hydrogen) atoms. The lowest BCUT2D eigenvalue weighted by Crippen LogP contribution is -2.40. The van der Waals surface area contributed by atoms with Crippen molar-refractivity contribution >= 4 is 12.4 Å². The normalized spacial score (nSPS) is 24.0. The molecule has 1 heterocycles. The highest BCUT2D eigenvalue weighted by Gasteiger charge is 2.30. The molecule has 0 aromatic carbocycles. The topological polar surface area (TPSA) is 33.7 Å². The van der Waals surface area contributed by atoms with E-state index in [2.05, 4.69) is 17.1 Å². The Hall–Kier alpha value is 0.130. The maximum atomic E-state index is 5.15. The summed E-state index contributed by atoms with van der Waals surface area (Å²) in [7, 11) is 3.51. The predicted molar refractivity (Wildman–Crippen MR) is 73.0 cm³/mol. The van der Waals surface area contributed by atoms with Gasteiger partial charge in [0.1, 0.15) is 0 Å². The van der Waals surface area contributed by atoms with Crippen LogP contribution in [0, 0.1) is 5.41 Å². The number of halogens is 1. The molecular weight excluding hydrogens is 240 g/mol. The number of hydrogen-bond acceptors (Lipinski definition) is 4. The lowest BCUT2D eigenvalue weighted by atomic mass is 9.89.